The summed E-state index contributed by atoms with van der Waals surface area (Å²) in [5.41, 5.74) is -0.636. The monoisotopic (exact) mass is 338 g/mol. The predicted octanol–water partition coefficient (Wildman–Crippen LogP) is 0.360. The fraction of sp³-hybridized carbons (Fsp3) is 0.300. The molecule has 116 valence electrons. The first-order chi connectivity index (χ1) is 9.56. The first-order valence-corrected chi connectivity index (χ1v) is 7.29. The molecule has 0 aliphatic carbocycles. The summed E-state index contributed by atoms with van der Waals surface area (Å²) in [6.07, 6.45) is -1.50. The van der Waals surface area contributed by atoms with E-state index in [2.05, 4.69) is 0 Å². The Kier molecular flexibility index (Phi) is 5.23. The van der Waals surface area contributed by atoms with Crippen LogP contribution in [0.4, 0.5) is 5.69 Å². The van der Waals surface area contributed by atoms with Crippen LogP contribution in [0, 0.1) is 10.1 Å². The zero-order chi connectivity index (χ0) is 16.4. The first-order valence-electron chi connectivity index (χ1n) is 5.43. The fourth-order valence-electron chi connectivity index (χ4n) is 1.39. The number of carboxylic acids is 1. The van der Waals surface area contributed by atoms with Crippen LogP contribution in [-0.2, 0) is 14.8 Å². The molecule has 0 aliphatic rings. The van der Waals surface area contributed by atoms with Crippen LogP contribution in [0.5, 0.6) is 0 Å². The number of aliphatic carboxylic acids is 1. The van der Waals surface area contributed by atoms with Gasteiger partial charge in [-0.15, -0.1) is 0 Å². The van der Waals surface area contributed by atoms with Crippen molar-refractivity contribution < 1.29 is 28.3 Å². The number of nitrogens with one attached hydrogen (secondary N) is 1. The Morgan fingerprint density at radius 2 is 2.05 bits per heavy atom. The van der Waals surface area contributed by atoms with Crippen molar-refractivity contribution >= 4 is 33.3 Å². The van der Waals surface area contributed by atoms with Gasteiger partial charge in [-0.1, -0.05) is 11.6 Å². The quantitative estimate of drug-likeness (QED) is 0.501. The minimum Gasteiger partial charge on any atom is -0.480 e. The molecule has 0 aromatic heterocycles. The second kappa shape index (κ2) is 6.35. The van der Waals surface area contributed by atoms with E-state index in [0.717, 1.165) is 19.1 Å². The molecule has 0 aliphatic heterocycles. The number of nitrogens with zero attached hydrogens (tertiary/aromatic N) is 1. The van der Waals surface area contributed by atoms with Crippen LogP contribution in [0.3, 0.4) is 0 Å². The average molecular weight is 339 g/mol. The highest BCUT2D eigenvalue weighted by Crippen LogP contribution is 2.27. The van der Waals surface area contributed by atoms with Gasteiger partial charge in [0, 0.05) is 6.07 Å². The topological polar surface area (TPSA) is 147 Å². The lowest BCUT2D eigenvalue weighted by Gasteiger charge is -2.17. The number of sulfonamides is 1. The fourth-order valence-corrected chi connectivity index (χ4v) is 2.86. The zero-order valence-corrected chi connectivity index (χ0v) is 12.1. The Bertz CT molecular complexity index is 674. The van der Waals surface area contributed by atoms with Gasteiger partial charge in [0.15, 0.2) is 0 Å². The molecular formula is C10H11ClN2O7S. The SMILES string of the molecule is C[C@@H](O)[C@H](NS(=O)(=O)c1ccc(Cl)c([N+](=O)[O-])c1)C(=O)O. The molecule has 0 fully saturated rings. The number of halogens is 1. The van der Waals surface area contributed by atoms with E-state index in [1.807, 2.05) is 0 Å². The summed E-state index contributed by atoms with van der Waals surface area (Å²) < 4.78 is 25.7. The largest absolute Gasteiger partial charge is 0.480 e. The minimum atomic E-state index is -4.38. The molecule has 0 radical (unpaired) electrons. The molecule has 1 rings (SSSR count). The van der Waals surface area contributed by atoms with Crippen LogP contribution in [0.2, 0.25) is 5.02 Å². The average Bonchev–Trinajstić information content (AvgIpc) is 2.35. The van der Waals surface area contributed by atoms with Gasteiger partial charge in [0.05, 0.1) is 15.9 Å². The molecule has 3 N–H and O–H groups in total. The van der Waals surface area contributed by atoms with Gasteiger partial charge >= 0.3 is 5.97 Å². The summed E-state index contributed by atoms with van der Waals surface area (Å²) in [5, 5.41) is 28.5. The highest BCUT2D eigenvalue weighted by molar-refractivity contribution is 7.89. The molecule has 0 unspecified atom stereocenters. The standard InChI is InChI=1S/C10H11ClN2O7S/c1-5(14)9(10(15)16)12-21(19,20)6-2-3-7(11)8(4-6)13(17)18/h2-5,9,12,14H,1H3,(H,15,16)/t5-,9+/m1/s1. The third kappa shape index (κ3) is 4.11. The lowest BCUT2D eigenvalue weighted by atomic mass is 10.2. The molecule has 1 aromatic rings. The lowest BCUT2D eigenvalue weighted by Crippen LogP contribution is -2.47. The number of nitro groups is 1. The van der Waals surface area contributed by atoms with Crippen LogP contribution in [0.1, 0.15) is 6.92 Å². The molecule has 0 bridgehead atoms. The van der Waals surface area contributed by atoms with E-state index in [9.17, 15) is 28.4 Å². The normalized spacial score (nSPS) is 14.4. The highest BCUT2D eigenvalue weighted by Gasteiger charge is 2.30. The minimum absolute atomic E-state index is 0.260. The molecule has 0 saturated carbocycles. The molecule has 1 aromatic carbocycles. The predicted molar refractivity (Wildman–Crippen MR) is 71.5 cm³/mol. The number of carbonyl (C=O) groups is 1. The maximum Gasteiger partial charge on any atom is 0.324 e. The summed E-state index contributed by atoms with van der Waals surface area (Å²) in [5.74, 6) is -1.59. The highest BCUT2D eigenvalue weighted by atomic mass is 35.5. The summed E-state index contributed by atoms with van der Waals surface area (Å²) in [7, 11) is -4.38. The lowest BCUT2D eigenvalue weighted by molar-refractivity contribution is -0.384. The van der Waals surface area contributed by atoms with Crippen molar-refractivity contribution in [2.45, 2.75) is 24.0 Å². The summed E-state index contributed by atoms with van der Waals surface area (Å²) in [4.78, 5) is 20.2. The first kappa shape index (κ1) is 17.3. The maximum absolute atomic E-state index is 12.0. The van der Waals surface area contributed by atoms with E-state index >= 15 is 0 Å². The number of rotatable bonds is 6. The zero-order valence-electron chi connectivity index (χ0n) is 10.6. The molecule has 0 heterocycles. The Labute approximate surface area is 124 Å². The number of aliphatic hydroxyl groups excluding tert-OH is 1. The molecule has 11 heteroatoms. The van der Waals surface area contributed by atoms with Crippen molar-refractivity contribution in [1.82, 2.24) is 4.72 Å². The Balaban J connectivity index is 3.22. The van der Waals surface area contributed by atoms with Crippen LogP contribution in [0.25, 0.3) is 0 Å². The second-order valence-electron chi connectivity index (χ2n) is 4.05. The number of benzene rings is 1. The number of aliphatic hydroxyl groups is 1. The maximum atomic E-state index is 12.0. The molecule has 2 atom stereocenters. The molecular weight excluding hydrogens is 328 g/mol. The van der Waals surface area contributed by atoms with Gasteiger partial charge in [0.1, 0.15) is 11.1 Å². The summed E-state index contributed by atoms with van der Waals surface area (Å²) in [6, 6.07) is 0.904. The van der Waals surface area contributed by atoms with Gasteiger partial charge in [0.2, 0.25) is 10.0 Å². The van der Waals surface area contributed by atoms with Crippen molar-refractivity contribution in [3.05, 3.63) is 33.3 Å². The van der Waals surface area contributed by atoms with E-state index in [4.69, 9.17) is 16.7 Å². The number of hydrogen-bond acceptors (Lipinski definition) is 6. The molecule has 0 amide bonds. The van der Waals surface area contributed by atoms with E-state index < -0.39 is 43.6 Å². The van der Waals surface area contributed by atoms with Crippen LogP contribution in [0.15, 0.2) is 23.1 Å². The van der Waals surface area contributed by atoms with Gasteiger partial charge in [-0.25, -0.2) is 8.42 Å². The molecule has 21 heavy (non-hydrogen) atoms. The van der Waals surface area contributed by atoms with E-state index in [-0.39, 0.29) is 5.02 Å². The Morgan fingerprint density at radius 3 is 2.48 bits per heavy atom. The third-order valence-corrected chi connectivity index (χ3v) is 4.21. The Morgan fingerprint density at radius 1 is 1.48 bits per heavy atom. The number of hydrogen-bond donors (Lipinski definition) is 3. The second-order valence-corrected chi connectivity index (χ2v) is 6.17. The number of carboxylic acid groups (broad SMARTS) is 1. The molecule has 0 spiro atoms. The van der Waals surface area contributed by atoms with Gasteiger partial charge < -0.3 is 10.2 Å². The van der Waals surface area contributed by atoms with Gasteiger partial charge in [-0.2, -0.15) is 4.72 Å². The summed E-state index contributed by atoms with van der Waals surface area (Å²) in [6.45, 7) is 1.09. The van der Waals surface area contributed by atoms with E-state index in [1.165, 1.54) is 0 Å². The van der Waals surface area contributed by atoms with Gasteiger partial charge in [-0.05, 0) is 19.1 Å². The molecule has 0 saturated heterocycles. The van der Waals surface area contributed by atoms with Crippen molar-refractivity contribution in [1.29, 1.82) is 0 Å². The van der Waals surface area contributed by atoms with Crippen LogP contribution in [-0.4, -0.2) is 41.7 Å². The van der Waals surface area contributed by atoms with Gasteiger partial charge in [-0.3, -0.25) is 14.9 Å². The number of nitro benzene ring substituents is 1. The van der Waals surface area contributed by atoms with Crippen molar-refractivity contribution in [2.75, 3.05) is 0 Å². The van der Waals surface area contributed by atoms with Crippen LogP contribution < -0.4 is 4.72 Å². The van der Waals surface area contributed by atoms with Crippen molar-refractivity contribution in [3.8, 4) is 0 Å². The summed E-state index contributed by atoms with van der Waals surface area (Å²) >= 11 is 5.56. The molecule has 9 nitrogen and oxygen atoms in total. The smallest absolute Gasteiger partial charge is 0.324 e. The van der Waals surface area contributed by atoms with Crippen molar-refractivity contribution in [2.24, 2.45) is 0 Å². The third-order valence-electron chi connectivity index (χ3n) is 2.46. The van der Waals surface area contributed by atoms with E-state index in [1.54, 1.807) is 4.72 Å². The van der Waals surface area contributed by atoms with Crippen molar-refractivity contribution in [3.63, 3.8) is 0 Å². The van der Waals surface area contributed by atoms with Crippen LogP contribution >= 0.6 is 11.6 Å². The van der Waals surface area contributed by atoms with E-state index in [0.29, 0.717) is 6.07 Å². The Hall–Kier alpha value is -1.75. The van der Waals surface area contributed by atoms with Gasteiger partial charge in [0.25, 0.3) is 5.69 Å².